The summed E-state index contributed by atoms with van der Waals surface area (Å²) in [6.07, 6.45) is 5.99. The van der Waals surface area contributed by atoms with Gasteiger partial charge in [-0.2, -0.15) is 11.8 Å². The van der Waals surface area contributed by atoms with E-state index in [0.717, 1.165) is 41.2 Å². The van der Waals surface area contributed by atoms with E-state index in [1.165, 1.54) is 0 Å². The highest BCUT2D eigenvalue weighted by molar-refractivity contribution is 7.99. The van der Waals surface area contributed by atoms with Crippen LogP contribution in [0.1, 0.15) is 25.7 Å². The largest absolute Gasteiger partial charge is 0.356 e. The van der Waals surface area contributed by atoms with E-state index >= 15 is 0 Å². The lowest BCUT2D eigenvalue weighted by atomic mass is 9.81. The number of nitrogens with zero attached hydrogens (tertiary/aromatic N) is 3. The molecule has 24 heavy (non-hydrogen) atoms. The van der Waals surface area contributed by atoms with Gasteiger partial charge in [0.2, 0.25) is 5.92 Å². The predicted molar refractivity (Wildman–Crippen MR) is 93.8 cm³/mol. The summed E-state index contributed by atoms with van der Waals surface area (Å²) in [5.41, 5.74) is 0.871. The third-order valence-corrected chi connectivity index (χ3v) is 6.72. The van der Waals surface area contributed by atoms with Crippen molar-refractivity contribution in [2.24, 2.45) is 11.8 Å². The molecule has 0 aromatic carbocycles. The van der Waals surface area contributed by atoms with Gasteiger partial charge < -0.3 is 9.88 Å². The lowest BCUT2D eigenvalue weighted by Crippen LogP contribution is -2.44. The molecule has 2 saturated carbocycles. The highest BCUT2D eigenvalue weighted by atomic mass is 32.2. The van der Waals surface area contributed by atoms with Gasteiger partial charge in [-0.25, -0.2) is 18.7 Å². The fourth-order valence-electron chi connectivity index (χ4n) is 3.77. The molecule has 130 valence electrons. The van der Waals surface area contributed by atoms with E-state index in [1.54, 1.807) is 6.33 Å². The van der Waals surface area contributed by atoms with Crippen molar-refractivity contribution in [1.29, 1.82) is 0 Å². The van der Waals surface area contributed by atoms with Crippen molar-refractivity contribution in [2.45, 2.75) is 37.6 Å². The fraction of sp³-hybridized carbons (Fsp3) is 0.647. The van der Waals surface area contributed by atoms with Gasteiger partial charge in [0, 0.05) is 32.1 Å². The second-order valence-corrected chi connectivity index (χ2v) is 8.28. The van der Waals surface area contributed by atoms with Crippen molar-refractivity contribution in [3.05, 3.63) is 18.6 Å². The molecule has 7 heteroatoms. The second-order valence-electron chi connectivity index (χ2n) is 7.21. The Labute approximate surface area is 144 Å². The van der Waals surface area contributed by atoms with Gasteiger partial charge in [0.05, 0.1) is 5.39 Å². The Morgan fingerprint density at radius 2 is 2.00 bits per heavy atom. The van der Waals surface area contributed by atoms with Gasteiger partial charge in [0.1, 0.15) is 17.8 Å². The molecule has 2 heterocycles. The van der Waals surface area contributed by atoms with Gasteiger partial charge in [0.25, 0.3) is 0 Å². The normalized spacial score (nSPS) is 26.1. The summed E-state index contributed by atoms with van der Waals surface area (Å²) in [6.45, 7) is 0. The first-order valence-electron chi connectivity index (χ1n) is 8.48. The molecular formula is C17H22F2N4S. The molecule has 2 aromatic heterocycles. The van der Waals surface area contributed by atoms with E-state index in [4.69, 9.17) is 0 Å². The fourth-order valence-corrected chi connectivity index (χ4v) is 5.08. The molecule has 0 aliphatic heterocycles. The highest BCUT2D eigenvalue weighted by Gasteiger charge is 2.45. The molecule has 0 radical (unpaired) electrons. The molecule has 0 unspecified atom stereocenters. The first kappa shape index (κ1) is 16.1. The molecule has 1 N–H and O–H groups in total. The smallest absolute Gasteiger partial charge is 0.248 e. The lowest BCUT2D eigenvalue weighted by molar-refractivity contribution is -0.103. The number of halogens is 2. The summed E-state index contributed by atoms with van der Waals surface area (Å²) in [7, 11) is 2.10. The van der Waals surface area contributed by atoms with Crippen LogP contribution < -0.4 is 4.90 Å². The first-order chi connectivity index (χ1) is 11.5. The van der Waals surface area contributed by atoms with Crippen LogP contribution in [-0.2, 0) is 0 Å². The van der Waals surface area contributed by atoms with Gasteiger partial charge in [-0.3, -0.25) is 0 Å². The Balaban J connectivity index is 1.23. The Bertz CT molecular complexity index is 705. The number of aromatic amines is 1. The van der Waals surface area contributed by atoms with Crippen LogP contribution in [0.5, 0.6) is 0 Å². The number of nitrogens with one attached hydrogen (secondary N) is 1. The van der Waals surface area contributed by atoms with Gasteiger partial charge >= 0.3 is 0 Å². The number of anilines is 1. The highest BCUT2D eigenvalue weighted by Crippen LogP contribution is 2.44. The standard InChI is InChI=1S/C17H22F2N4S/c1-23(16-14-2-3-20-15(14)21-10-22-16)13-4-11(5-13)8-24-9-12-6-17(18,19)7-12/h2-3,10-13H,4-9H2,1H3,(H,20,21,22). The van der Waals surface area contributed by atoms with Gasteiger partial charge in [0.15, 0.2) is 0 Å². The van der Waals surface area contributed by atoms with Crippen LogP contribution in [0, 0.1) is 11.8 Å². The third kappa shape index (κ3) is 3.10. The molecule has 2 aromatic rings. The zero-order valence-electron chi connectivity index (χ0n) is 13.7. The zero-order valence-corrected chi connectivity index (χ0v) is 14.5. The number of H-pyrrole nitrogens is 1. The first-order valence-corrected chi connectivity index (χ1v) is 9.64. The Morgan fingerprint density at radius 1 is 1.25 bits per heavy atom. The number of hydrogen-bond donors (Lipinski definition) is 1. The van der Waals surface area contributed by atoms with Crippen LogP contribution in [0.3, 0.4) is 0 Å². The van der Waals surface area contributed by atoms with Crippen LogP contribution in [-0.4, -0.2) is 45.5 Å². The number of fused-ring (bicyclic) bond motifs is 1. The minimum absolute atomic E-state index is 0.0937. The predicted octanol–water partition coefficient (Wildman–Crippen LogP) is 3.95. The molecule has 0 amide bonds. The number of alkyl halides is 2. The van der Waals surface area contributed by atoms with Gasteiger partial charge in [-0.05, 0) is 42.2 Å². The van der Waals surface area contributed by atoms with Crippen LogP contribution in [0.25, 0.3) is 11.0 Å². The molecule has 2 fully saturated rings. The molecule has 4 rings (SSSR count). The van der Waals surface area contributed by atoms with E-state index in [-0.39, 0.29) is 18.8 Å². The van der Waals surface area contributed by atoms with E-state index < -0.39 is 5.92 Å². The van der Waals surface area contributed by atoms with E-state index in [2.05, 4.69) is 26.9 Å². The molecule has 2 aliphatic carbocycles. The third-order valence-electron chi connectivity index (χ3n) is 5.31. The summed E-state index contributed by atoms with van der Waals surface area (Å²) in [5, 5.41) is 1.06. The average molecular weight is 352 g/mol. The second kappa shape index (κ2) is 6.17. The summed E-state index contributed by atoms with van der Waals surface area (Å²) in [6, 6.07) is 2.53. The quantitative estimate of drug-likeness (QED) is 0.855. The molecule has 0 atom stereocenters. The van der Waals surface area contributed by atoms with Crippen LogP contribution >= 0.6 is 11.8 Å². The maximum Gasteiger partial charge on any atom is 0.248 e. The molecule has 0 spiro atoms. The SMILES string of the molecule is CN(c1ncnc2[nH]ccc12)C1CC(CSCC2CC(F)(F)C2)C1. The van der Waals surface area contributed by atoms with E-state index in [1.807, 2.05) is 24.0 Å². The Hall–Kier alpha value is -1.37. The van der Waals surface area contributed by atoms with Crippen molar-refractivity contribution < 1.29 is 8.78 Å². The van der Waals surface area contributed by atoms with Gasteiger partial charge in [-0.1, -0.05) is 0 Å². The lowest BCUT2D eigenvalue weighted by Gasteiger charge is -2.42. The van der Waals surface area contributed by atoms with Crippen LogP contribution in [0.15, 0.2) is 18.6 Å². The monoisotopic (exact) mass is 352 g/mol. The minimum atomic E-state index is -2.38. The van der Waals surface area contributed by atoms with Gasteiger partial charge in [-0.15, -0.1) is 0 Å². The maximum atomic E-state index is 12.8. The van der Waals surface area contributed by atoms with Crippen LogP contribution in [0.2, 0.25) is 0 Å². The number of aromatic nitrogens is 3. The molecular weight excluding hydrogens is 330 g/mol. The molecule has 4 nitrogen and oxygen atoms in total. The number of hydrogen-bond acceptors (Lipinski definition) is 4. The average Bonchev–Trinajstić information content (AvgIpc) is 2.95. The molecule has 0 saturated heterocycles. The summed E-state index contributed by atoms with van der Waals surface area (Å²) < 4.78 is 25.6. The summed E-state index contributed by atoms with van der Waals surface area (Å²) >= 11 is 1.85. The van der Waals surface area contributed by atoms with Crippen molar-refractivity contribution >= 4 is 28.6 Å². The van der Waals surface area contributed by atoms with Crippen molar-refractivity contribution in [1.82, 2.24) is 15.0 Å². The van der Waals surface area contributed by atoms with Crippen LogP contribution in [0.4, 0.5) is 14.6 Å². The molecule has 0 bridgehead atoms. The Kier molecular flexibility index (Phi) is 4.14. The van der Waals surface area contributed by atoms with Crippen molar-refractivity contribution in [3.8, 4) is 0 Å². The molecule has 2 aliphatic rings. The summed E-state index contributed by atoms with van der Waals surface area (Å²) in [4.78, 5) is 14.1. The zero-order chi connectivity index (χ0) is 16.7. The summed E-state index contributed by atoms with van der Waals surface area (Å²) in [5.74, 6) is 1.52. The van der Waals surface area contributed by atoms with Crippen molar-refractivity contribution in [3.63, 3.8) is 0 Å². The van der Waals surface area contributed by atoms with E-state index in [9.17, 15) is 8.78 Å². The topological polar surface area (TPSA) is 44.8 Å². The van der Waals surface area contributed by atoms with E-state index in [0.29, 0.717) is 12.0 Å². The Morgan fingerprint density at radius 3 is 2.75 bits per heavy atom. The number of thioether (sulfide) groups is 1. The minimum Gasteiger partial charge on any atom is -0.356 e. The maximum absolute atomic E-state index is 12.8. The van der Waals surface area contributed by atoms with Crippen molar-refractivity contribution in [2.75, 3.05) is 23.5 Å². The number of rotatable bonds is 6.